The minimum atomic E-state index is 0.743. The van der Waals surface area contributed by atoms with E-state index in [0.29, 0.717) is 0 Å². The van der Waals surface area contributed by atoms with E-state index in [1.54, 1.807) is 0 Å². The van der Waals surface area contributed by atoms with Crippen LogP contribution in [0.15, 0.2) is 22.6 Å². The molecule has 3 rings (SSSR count). The Morgan fingerprint density at radius 2 is 2.35 bits per heavy atom. The van der Waals surface area contributed by atoms with Crippen molar-refractivity contribution in [1.82, 2.24) is 9.88 Å². The number of anilines is 1. The predicted molar refractivity (Wildman–Crippen MR) is 82.1 cm³/mol. The van der Waals surface area contributed by atoms with E-state index in [0.717, 1.165) is 41.6 Å². The first-order valence-corrected chi connectivity index (χ1v) is 7.56. The molecule has 0 bridgehead atoms. The van der Waals surface area contributed by atoms with E-state index >= 15 is 0 Å². The van der Waals surface area contributed by atoms with Crippen molar-refractivity contribution in [3.63, 3.8) is 0 Å². The van der Waals surface area contributed by atoms with E-state index in [4.69, 9.17) is 4.42 Å². The molecule has 0 aliphatic carbocycles. The predicted octanol–water partition coefficient (Wildman–Crippen LogP) is 3.14. The van der Waals surface area contributed by atoms with Crippen LogP contribution in [-0.4, -0.2) is 36.6 Å². The van der Waals surface area contributed by atoms with E-state index in [-0.39, 0.29) is 0 Å². The van der Waals surface area contributed by atoms with Gasteiger partial charge >= 0.3 is 0 Å². The summed E-state index contributed by atoms with van der Waals surface area (Å²) in [4.78, 5) is 6.90. The lowest BCUT2D eigenvalue weighted by Gasteiger charge is -2.29. The van der Waals surface area contributed by atoms with Crippen molar-refractivity contribution in [3.8, 4) is 0 Å². The molecule has 1 aliphatic rings. The number of hydrogen-bond acceptors (Lipinski definition) is 4. The first kappa shape index (κ1) is 13.4. The molecule has 1 aromatic carbocycles. The molecular formula is C16H23N3O. The summed E-state index contributed by atoms with van der Waals surface area (Å²) in [5.74, 6) is 1.55. The molecule has 1 N–H and O–H groups in total. The van der Waals surface area contributed by atoms with Crippen LogP contribution in [0.2, 0.25) is 0 Å². The minimum Gasteiger partial charge on any atom is -0.441 e. The van der Waals surface area contributed by atoms with Crippen LogP contribution in [0, 0.1) is 5.92 Å². The largest absolute Gasteiger partial charge is 0.441 e. The molecule has 0 radical (unpaired) electrons. The Morgan fingerprint density at radius 1 is 1.45 bits per heavy atom. The Labute approximate surface area is 120 Å². The van der Waals surface area contributed by atoms with Crippen LogP contribution in [0.25, 0.3) is 11.1 Å². The van der Waals surface area contributed by atoms with Gasteiger partial charge in [0, 0.05) is 25.2 Å². The average Bonchev–Trinajstić information content (AvgIpc) is 2.87. The summed E-state index contributed by atoms with van der Waals surface area (Å²) < 4.78 is 5.64. The molecule has 1 saturated heterocycles. The van der Waals surface area contributed by atoms with Gasteiger partial charge in [0.05, 0.1) is 0 Å². The fourth-order valence-electron chi connectivity index (χ4n) is 2.94. The van der Waals surface area contributed by atoms with E-state index in [9.17, 15) is 0 Å². The molecule has 1 unspecified atom stereocenters. The van der Waals surface area contributed by atoms with Gasteiger partial charge < -0.3 is 14.6 Å². The van der Waals surface area contributed by atoms with Gasteiger partial charge in [-0.2, -0.15) is 0 Å². The molecule has 20 heavy (non-hydrogen) atoms. The third-order valence-electron chi connectivity index (χ3n) is 4.05. The van der Waals surface area contributed by atoms with Gasteiger partial charge in [-0.1, -0.05) is 6.92 Å². The SMILES string of the molecule is CCc1nc2cc(NCC3CCCN(C)C3)ccc2o1. The smallest absolute Gasteiger partial charge is 0.195 e. The molecule has 1 aliphatic heterocycles. The molecule has 1 fully saturated rings. The van der Waals surface area contributed by atoms with Crippen LogP contribution in [-0.2, 0) is 6.42 Å². The number of benzene rings is 1. The van der Waals surface area contributed by atoms with Crippen molar-refractivity contribution >= 4 is 16.8 Å². The number of nitrogens with zero attached hydrogens (tertiary/aromatic N) is 2. The van der Waals surface area contributed by atoms with E-state index in [1.807, 2.05) is 6.07 Å². The van der Waals surface area contributed by atoms with Crippen molar-refractivity contribution in [2.75, 3.05) is 32.0 Å². The average molecular weight is 273 g/mol. The molecule has 2 heterocycles. The highest BCUT2D eigenvalue weighted by Crippen LogP contribution is 2.21. The Hall–Kier alpha value is -1.55. The zero-order chi connectivity index (χ0) is 13.9. The van der Waals surface area contributed by atoms with Crippen molar-refractivity contribution < 1.29 is 4.42 Å². The molecule has 4 heteroatoms. The Bertz CT molecular complexity index is 578. The number of rotatable bonds is 4. The standard InChI is InChI=1S/C16H23N3O/c1-3-16-18-14-9-13(6-7-15(14)20-16)17-10-12-5-4-8-19(2)11-12/h6-7,9,12,17H,3-5,8,10-11H2,1-2H3. The number of likely N-dealkylation sites (tertiary alicyclic amines) is 1. The molecule has 108 valence electrons. The van der Waals surface area contributed by atoms with E-state index in [2.05, 4.69) is 41.3 Å². The van der Waals surface area contributed by atoms with Crippen molar-refractivity contribution in [2.24, 2.45) is 5.92 Å². The number of aryl methyl sites for hydroxylation is 1. The second kappa shape index (κ2) is 5.83. The number of hydrogen-bond donors (Lipinski definition) is 1. The zero-order valence-electron chi connectivity index (χ0n) is 12.4. The maximum absolute atomic E-state index is 5.64. The maximum Gasteiger partial charge on any atom is 0.195 e. The second-order valence-electron chi connectivity index (χ2n) is 5.80. The lowest BCUT2D eigenvalue weighted by atomic mass is 9.98. The Balaban J connectivity index is 1.65. The summed E-state index contributed by atoms with van der Waals surface area (Å²) in [6.45, 7) is 5.53. The number of aromatic nitrogens is 1. The number of oxazole rings is 1. The van der Waals surface area contributed by atoms with Gasteiger partial charge in [-0.05, 0) is 50.6 Å². The van der Waals surface area contributed by atoms with Crippen LogP contribution in [0.1, 0.15) is 25.7 Å². The molecule has 0 saturated carbocycles. The summed E-state index contributed by atoms with van der Waals surface area (Å²) >= 11 is 0. The van der Waals surface area contributed by atoms with Gasteiger partial charge in [0.25, 0.3) is 0 Å². The third-order valence-corrected chi connectivity index (χ3v) is 4.05. The van der Waals surface area contributed by atoms with Crippen LogP contribution in [0.3, 0.4) is 0 Å². The van der Waals surface area contributed by atoms with Crippen LogP contribution >= 0.6 is 0 Å². The highest BCUT2D eigenvalue weighted by Gasteiger charge is 2.16. The molecule has 0 amide bonds. The lowest BCUT2D eigenvalue weighted by molar-refractivity contribution is 0.217. The van der Waals surface area contributed by atoms with Gasteiger partial charge in [-0.3, -0.25) is 0 Å². The molecule has 1 aromatic heterocycles. The van der Waals surface area contributed by atoms with Gasteiger partial charge in [0.15, 0.2) is 11.5 Å². The number of piperidine rings is 1. The fourth-order valence-corrected chi connectivity index (χ4v) is 2.94. The van der Waals surface area contributed by atoms with Gasteiger partial charge in [-0.15, -0.1) is 0 Å². The van der Waals surface area contributed by atoms with Crippen molar-refractivity contribution in [1.29, 1.82) is 0 Å². The third kappa shape index (κ3) is 2.96. The summed E-state index contributed by atoms with van der Waals surface area (Å²) in [6, 6.07) is 6.18. The molecule has 4 nitrogen and oxygen atoms in total. The van der Waals surface area contributed by atoms with Crippen LogP contribution < -0.4 is 5.32 Å². The summed E-state index contributed by atoms with van der Waals surface area (Å²) in [6.07, 6.45) is 3.47. The van der Waals surface area contributed by atoms with E-state index in [1.165, 1.54) is 25.9 Å². The first-order valence-electron chi connectivity index (χ1n) is 7.56. The van der Waals surface area contributed by atoms with E-state index < -0.39 is 0 Å². The van der Waals surface area contributed by atoms with Crippen LogP contribution in [0.5, 0.6) is 0 Å². The first-order chi connectivity index (χ1) is 9.74. The number of nitrogens with one attached hydrogen (secondary N) is 1. The van der Waals surface area contributed by atoms with Crippen LogP contribution in [0.4, 0.5) is 5.69 Å². The number of fused-ring (bicyclic) bond motifs is 1. The monoisotopic (exact) mass is 273 g/mol. The normalized spacial score (nSPS) is 20.4. The summed E-state index contributed by atoms with van der Waals surface area (Å²) in [5, 5.41) is 3.55. The highest BCUT2D eigenvalue weighted by atomic mass is 16.3. The summed E-state index contributed by atoms with van der Waals surface area (Å²) in [5.41, 5.74) is 2.97. The molecule has 0 spiro atoms. The Morgan fingerprint density at radius 3 is 3.15 bits per heavy atom. The molecule has 2 aromatic rings. The molecule has 1 atom stereocenters. The zero-order valence-corrected chi connectivity index (χ0v) is 12.4. The van der Waals surface area contributed by atoms with Crippen molar-refractivity contribution in [2.45, 2.75) is 26.2 Å². The van der Waals surface area contributed by atoms with Gasteiger partial charge in [-0.25, -0.2) is 4.98 Å². The minimum absolute atomic E-state index is 0.743. The second-order valence-corrected chi connectivity index (χ2v) is 5.80. The molecular weight excluding hydrogens is 250 g/mol. The highest BCUT2D eigenvalue weighted by molar-refractivity contribution is 5.77. The van der Waals surface area contributed by atoms with Gasteiger partial charge in [0.2, 0.25) is 0 Å². The van der Waals surface area contributed by atoms with Crippen molar-refractivity contribution in [3.05, 3.63) is 24.1 Å². The maximum atomic E-state index is 5.64. The topological polar surface area (TPSA) is 41.3 Å². The lowest BCUT2D eigenvalue weighted by Crippen LogP contribution is -2.35. The summed E-state index contributed by atoms with van der Waals surface area (Å²) in [7, 11) is 2.21. The quantitative estimate of drug-likeness (QED) is 0.929. The fraction of sp³-hybridized carbons (Fsp3) is 0.562. The Kier molecular flexibility index (Phi) is 3.92. The van der Waals surface area contributed by atoms with Gasteiger partial charge in [0.1, 0.15) is 5.52 Å².